The number of thiocarbonyl (C=S) groups is 1. The molecule has 0 heterocycles. The zero-order chi connectivity index (χ0) is 18.6. The largest absolute Gasteiger partial charge is 0.545 e. The molecule has 2 rings (SSSR count). The van der Waals surface area contributed by atoms with E-state index in [9.17, 15) is 24.8 Å². The average Bonchev–Trinajstić information content (AvgIpc) is 2.54. The van der Waals surface area contributed by atoms with E-state index in [2.05, 4.69) is 10.6 Å². The van der Waals surface area contributed by atoms with Crippen LogP contribution >= 0.6 is 12.2 Å². The smallest absolute Gasteiger partial charge is 0.272 e. The summed E-state index contributed by atoms with van der Waals surface area (Å²) in [4.78, 5) is 33.1. The Morgan fingerprint density at radius 3 is 2.20 bits per heavy atom. The van der Waals surface area contributed by atoms with Crippen LogP contribution in [-0.4, -0.2) is 21.9 Å². The lowest BCUT2D eigenvalue weighted by Crippen LogP contribution is -2.34. The number of nitrogens with zero attached hydrogens (tertiary/aromatic N) is 1. The molecular formula is C16H12N3O5S-. The number of carbonyl (C=O) groups excluding carboxylic acids is 2. The minimum Gasteiger partial charge on any atom is -0.545 e. The Kier molecular flexibility index (Phi) is 5.40. The predicted molar refractivity (Wildman–Crippen MR) is 92.3 cm³/mol. The molecule has 0 aliphatic heterocycles. The lowest BCUT2D eigenvalue weighted by molar-refractivity contribution is -0.385. The van der Waals surface area contributed by atoms with E-state index in [0.717, 1.165) is 0 Å². The third-order valence-electron chi connectivity index (χ3n) is 3.26. The van der Waals surface area contributed by atoms with Crippen LogP contribution in [0, 0.1) is 17.0 Å². The van der Waals surface area contributed by atoms with Gasteiger partial charge in [0.2, 0.25) is 0 Å². The van der Waals surface area contributed by atoms with Gasteiger partial charge in [-0.2, -0.15) is 0 Å². The fraction of sp³-hybridized carbons (Fsp3) is 0.0625. The fourth-order valence-corrected chi connectivity index (χ4v) is 2.24. The van der Waals surface area contributed by atoms with Crippen molar-refractivity contribution in [3.8, 4) is 0 Å². The molecule has 0 radical (unpaired) electrons. The first kappa shape index (κ1) is 18.0. The maximum absolute atomic E-state index is 12.1. The van der Waals surface area contributed by atoms with Gasteiger partial charge in [-0.05, 0) is 49.0 Å². The number of nitro groups is 1. The van der Waals surface area contributed by atoms with Gasteiger partial charge in [0.05, 0.1) is 10.9 Å². The van der Waals surface area contributed by atoms with Crippen LogP contribution in [0.5, 0.6) is 0 Å². The van der Waals surface area contributed by atoms with Crippen LogP contribution in [0.25, 0.3) is 0 Å². The molecule has 0 bridgehead atoms. The molecule has 2 aromatic rings. The number of nitrogens with one attached hydrogen (secondary N) is 2. The summed E-state index contributed by atoms with van der Waals surface area (Å²) in [6.07, 6.45) is 0. The monoisotopic (exact) mass is 358 g/mol. The zero-order valence-corrected chi connectivity index (χ0v) is 13.8. The van der Waals surface area contributed by atoms with Crippen molar-refractivity contribution in [1.29, 1.82) is 0 Å². The number of hydrogen-bond donors (Lipinski definition) is 2. The van der Waals surface area contributed by atoms with E-state index < -0.39 is 16.8 Å². The highest BCUT2D eigenvalue weighted by Crippen LogP contribution is 2.18. The first-order valence-electron chi connectivity index (χ1n) is 6.96. The van der Waals surface area contributed by atoms with Gasteiger partial charge >= 0.3 is 0 Å². The van der Waals surface area contributed by atoms with Crippen LogP contribution in [-0.2, 0) is 0 Å². The van der Waals surface area contributed by atoms with Crippen molar-refractivity contribution in [2.75, 3.05) is 5.32 Å². The van der Waals surface area contributed by atoms with Crippen LogP contribution in [0.1, 0.15) is 26.3 Å². The van der Waals surface area contributed by atoms with Crippen molar-refractivity contribution in [3.63, 3.8) is 0 Å². The number of hydrogen-bond acceptors (Lipinski definition) is 6. The van der Waals surface area contributed by atoms with E-state index in [-0.39, 0.29) is 21.9 Å². The summed E-state index contributed by atoms with van der Waals surface area (Å²) in [6, 6.07) is 9.59. The molecule has 0 aliphatic rings. The molecule has 0 unspecified atom stereocenters. The summed E-state index contributed by atoms with van der Waals surface area (Å²) >= 11 is 5.02. The van der Waals surface area contributed by atoms with Crippen LogP contribution < -0.4 is 15.7 Å². The van der Waals surface area contributed by atoms with E-state index in [4.69, 9.17) is 12.2 Å². The number of rotatable bonds is 4. The second kappa shape index (κ2) is 7.49. The predicted octanol–water partition coefficient (Wildman–Crippen LogP) is 1.39. The van der Waals surface area contributed by atoms with Crippen LogP contribution in [0.3, 0.4) is 0 Å². The molecule has 0 aliphatic carbocycles. The third-order valence-corrected chi connectivity index (χ3v) is 3.47. The van der Waals surface area contributed by atoms with Gasteiger partial charge in [0, 0.05) is 22.9 Å². The number of nitro benzene ring substituents is 1. The molecule has 0 fully saturated rings. The van der Waals surface area contributed by atoms with E-state index in [1.165, 1.54) is 49.4 Å². The van der Waals surface area contributed by atoms with Crippen molar-refractivity contribution in [2.24, 2.45) is 0 Å². The van der Waals surface area contributed by atoms with Gasteiger partial charge in [0.15, 0.2) is 5.11 Å². The van der Waals surface area contributed by atoms with E-state index >= 15 is 0 Å². The van der Waals surface area contributed by atoms with Crippen molar-refractivity contribution in [3.05, 3.63) is 69.3 Å². The average molecular weight is 358 g/mol. The van der Waals surface area contributed by atoms with Crippen molar-refractivity contribution in [1.82, 2.24) is 5.32 Å². The van der Waals surface area contributed by atoms with Crippen LogP contribution in [0.15, 0.2) is 42.5 Å². The van der Waals surface area contributed by atoms with Crippen molar-refractivity contribution < 1.29 is 19.6 Å². The minimum absolute atomic E-state index is 0.00204. The molecule has 8 nitrogen and oxygen atoms in total. The number of aromatic carboxylic acids is 1. The number of aryl methyl sites for hydroxylation is 1. The Balaban J connectivity index is 2.02. The molecule has 1 amide bonds. The SMILES string of the molecule is Cc1cc(C(=O)NC(=S)Nc2ccc(C(=O)[O-])cc2)ccc1[N+](=O)[O-]. The molecule has 0 spiro atoms. The van der Waals surface area contributed by atoms with Crippen molar-refractivity contribution in [2.45, 2.75) is 6.92 Å². The minimum atomic E-state index is -1.30. The number of benzene rings is 2. The highest BCUT2D eigenvalue weighted by atomic mass is 32.1. The first-order chi connectivity index (χ1) is 11.8. The molecule has 2 aromatic carbocycles. The third kappa shape index (κ3) is 4.58. The van der Waals surface area contributed by atoms with E-state index in [0.29, 0.717) is 11.3 Å². The molecule has 0 saturated carbocycles. The molecule has 0 atom stereocenters. The van der Waals surface area contributed by atoms with Gasteiger partial charge < -0.3 is 15.2 Å². The lowest BCUT2D eigenvalue weighted by Gasteiger charge is -2.11. The summed E-state index contributed by atoms with van der Waals surface area (Å²) in [5.41, 5.74) is 0.997. The van der Waals surface area contributed by atoms with Gasteiger partial charge in [-0.25, -0.2) is 0 Å². The number of carboxylic acids is 1. The summed E-state index contributed by atoms with van der Waals surface area (Å²) in [7, 11) is 0. The van der Waals surface area contributed by atoms with E-state index in [1.807, 2.05) is 0 Å². The maximum atomic E-state index is 12.1. The second-order valence-electron chi connectivity index (χ2n) is 5.03. The molecule has 2 N–H and O–H groups in total. The van der Waals surface area contributed by atoms with Gasteiger partial charge in [-0.1, -0.05) is 12.1 Å². The van der Waals surface area contributed by atoms with Crippen LogP contribution in [0.2, 0.25) is 0 Å². The fourth-order valence-electron chi connectivity index (χ4n) is 2.03. The Hall–Kier alpha value is -3.33. The molecule has 25 heavy (non-hydrogen) atoms. The molecule has 0 aromatic heterocycles. The number of carbonyl (C=O) groups is 2. The maximum Gasteiger partial charge on any atom is 0.272 e. The highest BCUT2D eigenvalue weighted by Gasteiger charge is 2.14. The molecular weight excluding hydrogens is 346 g/mol. The normalized spacial score (nSPS) is 9.96. The second-order valence-corrected chi connectivity index (χ2v) is 5.44. The Bertz CT molecular complexity index is 865. The quantitative estimate of drug-likeness (QED) is 0.481. The lowest BCUT2D eigenvalue weighted by atomic mass is 10.1. The Morgan fingerprint density at radius 1 is 1.08 bits per heavy atom. The van der Waals surface area contributed by atoms with Crippen molar-refractivity contribution >= 4 is 40.6 Å². The number of amides is 1. The Labute approximate surface area is 147 Å². The van der Waals surface area contributed by atoms with Gasteiger partial charge in [0.25, 0.3) is 11.6 Å². The standard InChI is InChI=1S/C16H13N3O5S/c1-9-8-11(4-7-13(9)19(23)24)14(20)18-16(25)17-12-5-2-10(3-6-12)15(21)22/h2-8H,1H3,(H,21,22)(H2,17,18,20,25)/p-1. The molecule has 9 heteroatoms. The van der Waals surface area contributed by atoms with Crippen LogP contribution in [0.4, 0.5) is 11.4 Å². The highest BCUT2D eigenvalue weighted by molar-refractivity contribution is 7.80. The zero-order valence-electron chi connectivity index (χ0n) is 12.9. The van der Waals surface area contributed by atoms with Gasteiger partial charge in [-0.15, -0.1) is 0 Å². The summed E-state index contributed by atoms with van der Waals surface area (Å²) < 4.78 is 0. The molecule has 0 saturated heterocycles. The topological polar surface area (TPSA) is 124 Å². The van der Waals surface area contributed by atoms with Gasteiger partial charge in [0.1, 0.15) is 0 Å². The van der Waals surface area contributed by atoms with E-state index in [1.54, 1.807) is 0 Å². The summed E-state index contributed by atoms with van der Waals surface area (Å²) in [5, 5.41) is 26.6. The Morgan fingerprint density at radius 2 is 1.68 bits per heavy atom. The summed E-state index contributed by atoms with van der Waals surface area (Å²) in [5.74, 6) is -1.82. The molecule has 128 valence electrons. The first-order valence-corrected chi connectivity index (χ1v) is 7.37. The number of anilines is 1. The summed E-state index contributed by atoms with van der Waals surface area (Å²) in [6.45, 7) is 1.53. The van der Waals surface area contributed by atoms with Gasteiger partial charge in [-0.3, -0.25) is 20.2 Å². The number of carboxylic acid groups (broad SMARTS) is 1.